The van der Waals surface area contributed by atoms with E-state index in [0.29, 0.717) is 30.1 Å². The molecule has 146 valence electrons. The van der Waals surface area contributed by atoms with Crippen LogP contribution < -0.4 is 0 Å². The van der Waals surface area contributed by atoms with Gasteiger partial charge in [0.1, 0.15) is 0 Å². The van der Waals surface area contributed by atoms with Gasteiger partial charge >= 0.3 is 5.97 Å². The molecule has 0 saturated heterocycles. The fraction of sp³-hybridized carbons (Fsp3) is 0.263. The molecule has 8 nitrogen and oxygen atoms in total. The van der Waals surface area contributed by atoms with Gasteiger partial charge in [0, 0.05) is 30.6 Å². The van der Waals surface area contributed by atoms with Crippen molar-refractivity contribution in [1.82, 2.24) is 15.1 Å². The van der Waals surface area contributed by atoms with Gasteiger partial charge in [0.15, 0.2) is 9.84 Å². The van der Waals surface area contributed by atoms with Crippen molar-refractivity contribution in [2.45, 2.75) is 24.7 Å². The first-order valence-electron chi connectivity index (χ1n) is 8.55. The van der Waals surface area contributed by atoms with E-state index in [9.17, 15) is 13.2 Å². The van der Waals surface area contributed by atoms with Gasteiger partial charge in [0.25, 0.3) is 0 Å². The predicted octanol–water partition coefficient (Wildman–Crippen LogP) is 2.63. The van der Waals surface area contributed by atoms with E-state index in [-0.39, 0.29) is 17.1 Å². The summed E-state index contributed by atoms with van der Waals surface area (Å²) in [7, 11) is -3.40. The number of rotatable bonds is 7. The summed E-state index contributed by atoms with van der Waals surface area (Å²) in [6.07, 6.45) is 5.33. The van der Waals surface area contributed by atoms with E-state index < -0.39 is 15.8 Å². The molecule has 3 aromatic rings. The standard InChI is InChI=1S/C19H19N3O5S/c1-13-7-8-15(28(2,24)25)11-16(13)19(23)26-10-4-6-17-21-18(22-27-17)14-5-3-9-20-12-14/h3,5,7-9,11-12H,4,6,10H2,1-2H3. The summed E-state index contributed by atoms with van der Waals surface area (Å²) in [6, 6.07) is 8.01. The van der Waals surface area contributed by atoms with Crippen LogP contribution >= 0.6 is 0 Å². The van der Waals surface area contributed by atoms with Crippen molar-refractivity contribution < 1.29 is 22.5 Å². The Morgan fingerprint density at radius 3 is 2.79 bits per heavy atom. The Labute approximate surface area is 162 Å². The van der Waals surface area contributed by atoms with E-state index in [2.05, 4.69) is 15.1 Å². The van der Waals surface area contributed by atoms with E-state index >= 15 is 0 Å². The second-order valence-corrected chi connectivity index (χ2v) is 8.26. The molecule has 0 aliphatic heterocycles. The molecular formula is C19H19N3O5S. The van der Waals surface area contributed by atoms with Gasteiger partial charge in [-0.05, 0) is 43.2 Å². The number of pyridine rings is 1. The van der Waals surface area contributed by atoms with E-state index in [4.69, 9.17) is 9.26 Å². The number of nitrogens with zero attached hydrogens (tertiary/aromatic N) is 3. The summed E-state index contributed by atoms with van der Waals surface area (Å²) < 4.78 is 33.8. The molecule has 0 aliphatic carbocycles. The van der Waals surface area contributed by atoms with Crippen LogP contribution in [0, 0.1) is 6.92 Å². The molecule has 0 amide bonds. The molecule has 0 atom stereocenters. The topological polar surface area (TPSA) is 112 Å². The first-order chi connectivity index (χ1) is 13.3. The largest absolute Gasteiger partial charge is 0.462 e. The Bertz CT molecular complexity index is 1080. The van der Waals surface area contributed by atoms with Gasteiger partial charge in [-0.2, -0.15) is 4.98 Å². The smallest absolute Gasteiger partial charge is 0.338 e. The Morgan fingerprint density at radius 2 is 2.07 bits per heavy atom. The number of aromatic nitrogens is 3. The number of esters is 1. The predicted molar refractivity (Wildman–Crippen MR) is 100 cm³/mol. The third-order valence-electron chi connectivity index (χ3n) is 4.01. The van der Waals surface area contributed by atoms with Crippen molar-refractivity contribution in [1.29, 1.82) is 0 Å². The van der Waals surface area contributed by atoms with E-state index in [0.717, 1.165) is 11.8 Å². The molecule has 0 N–H and O–H groups in total. The van der Waals surface area contributed by atoms with Gasteiger partial charge in [-0.3, -0.25) is 4.98 Å². The molecule has 2 heterocycles. The molecule has 9 heteroatoms. The fourth-order valence-electron chi connectivity index (χ4n) is 2.49. The number of hydrogen-bond acceptors (Lipinski definition) is 8. The van der Waals surface area contributed by atoms with Crippen LogP contribution in [0.3, 0.4) is 0 Å². The molecule has 0 saturated carbocycles. The summed E-state index contributed by atoms with van der Waals surface area (Å²) in [5, 5.41) is 3.90. The molecular weight excluding hydrogens is 382 g/mol. The molecule has 0 unspecified atom stereocenters. The lowest BCUT2D eigenvalue weighted by atomic mass is 10.1. The quantitative estimate of drug-likeness (QED) is 0.439. The minimum atomic E-state index is -3.40. The SMILES string of the molecule is Cc1ccc(S(C)(=O)=O)cc1C(=O)OCCCc1nc(-c2cccnc2)no1. The van der Waals surface area contributed by atoms with Crippen LogP contribution in [0.2, 0.25) is 0 Å². The second kappa shape index (κ2) is 8.30. The Morgan fingerprint density at radius 1 is 1.25 bits per heavy atom. The Balaban J connectivity index is 1.55. The first kappa shape index (κ1) is 19.7. The average molecular weight is 401 g/mol. The monoisotopic (exact) mass is 401 g/mol. The van der Waals surface area contributed by atoms with Crippen LogP contribution in [0.4, 0.5) is 0 Å². The molecule has 0 aliphatic rings. The molecule has 28 heavy (non-hydrogen) atoms. The maximum atomic E-state index is 12.3. The van der Waals surface area contributed by atoms with Crippen LogP contribution in [-0.4, -0.2) is 42.4 Å². The highest BCUT2D eigenvalue weighted by atomic mass is 32.2. The van der Waals surface area contributed by atoms with Gasteiger partial charge in [-0.1, -0.05) is 11.2 Å². The zero-order valence-corrected chi connectivity index (χ0v) is 16.3. The van der Waals surface area contributed by atoms with Gasteiger partial charge in [-0.25, -0.2) is 13.2 Å². The van der Waals surface area contributed by atoms with Crippen molar-refractivity contribution in [3.8, 4) is 11.4 Å². The molecule has 0 radical (unpaired) electrons. The number of ether oxygens (including phenoxy) is 1. The Hall–Kier alpha value is -3.07. The number of carbonyl (C=O) groups is 1. The third kappa shape index (κ3) is 4.80. The second-order valence-electron chi connectivity index (χ2n) is 6.24. The third-order valence-corrected chi connectivity index (χ3v) is 5.12. The summed E-state index contributed by atoms with van der Waals surface area (Å²) in [5.41, 5.74) is 1.64. The summed E-state index contributed by atoms with van der Waals surface area (Å²) in [4.78, 5) is 20.6. The Kier molecular flexibility index (Phi) is 5.84. The van der Waals surface area contributed by atoms with Crippen LogP contribution in [0.1, 0.15) is 28.2 Å². The van der Waals surface area contributed by atoms with Crippen molar-refractivity contribution >= 4 is 15.8 Å². The van der Waals surface area contributed by atoms with Crippen LogP contribution in [-0.2, 0) is 21.0 Å². The van der Waals surface area contributed by atoms with Crippen molar-refractivity contribution in [3.63, 3.8) is 0 Å². The maximum Gasteiger partial charge on any atom is 0.338 e. The van der Waals surface area contributed by atoms with Gasteiger partial charge < -0.3 is 9.26 Å². The fourth-order valence-corrected chi connectivity index (χ4v) is 3.13. The minimum absolute atomic E-state index is 0.0823. The molecule has 0 bridgehead atoms. The molecule has 1 aromatic carbocycles. The molecule has 3 rings (SSSR count). The van der Waals surface area contributed by atoms with Crippen molar-refractivity contribution in [2.24, 2.45) is 0 Å². The van der Waals surface area contributed by atoms with E-state index in [1.165, 1.54) is 12.1 Å². The lowest BCUT2D eigenvalue weighted by Gasteiger charge is -2.08. The molecule has 0 fully saturated rings. The number of sulfone groups is 1. The first-order valence-corrected chi connectivity index (χ1v) is 10.4. The van der Waals surface area contributed by atoms with Gasteiger partial charge in [-0.15, -0.1) is 0 Å². The van der Waals surface area contributed by atoms with E-state index in [1.54, 1.807) is 31.5 Å². The highest BCUT2D eigenvalue weighted by Gasteiger charge is 2.16. The number of aryl methyl sites for hydroxylation is 2. The highest BCUT2D eigenvalue weighted by Crippen LogP contribution is 2.17. The van der Waals surface area contributed by atoms with Crippen LogP contribution in [0.25, 0.3) is 11.4 Å². The number of carbonyl (C=O) groups excluding carboxylic acids is 1. The lowest BCUT2D eigenvalue weighted by molar-refractivity contribution is 0.0497. The van der Waals surface area contributed by atoms with E-state index in [1.807, 2.05) is 6.07 Å². The average Bonchev–Trinajstić information content (AvgIpc) is 3.14. The molecule has 0 spiro atoms. The summed E-state index contributed by atoms with van der Waals surface area (Å²) in [5.74, 6) is 0.322. The zero-order valence-electron chi connectivity index (χ0n) is 15.5. The number of benzene rings is 1. The number of hydrogen-bond donors (Lipinski definition) is 0. The van der Waals surface area contributed by atoms with Crippen molar-refractivity contribution in [3.05, 3.63) is 59.7 Å². The van der Waals surface area contributed by atoms with Crippen molar-refractivity contribution in [2.75, 3.05) is 12.9 Å². The van der Waals surface area contributed by atoms with Crippen LogP contribution in [0.5, 0.6) is 0 Å². The lowest BCUT2D eigenvalue weighted by Crippen LogP contribution is -2.10. The summed E-state index contributed by atoms with van der Waals surface area (Å²) in [6.45, 7) is 1.87. The van der Waals surface area contributed by atoms with Crippen LogP contribution in [0.15, 0.2) is 52.1 Å². The minimum Gasteiger partial charge on any atom is -0.462 e. The normalized spacial score (nSPS) is 11.4. The molecule has 2 aromatic heterocycles. The van der Waals surface area contributed by atoms with Gasteiger partial charge in [0.2, 0.25) is 11.7 Å². The maximum absolute atomic E-state index is 12.3. The van der Waals surface area contributed by atoms with Gasteiger partial charge in [0.05, 0.1) is 17.1 Å². The summed E-state index contributed by atoms with van der Waals surface area (Å²) >= 11 is 0. The highest BCUT2D eigenvalue weighted by molar-refractivity contribution is 7.90. The zero-order chi connectivity index (χ0) is 20.1.